The van der Waals surface area contributed by atoms with Crippen molar-refractivity contribution in [1.82, 2.24) is 5.32 Å². The lowest BCUT2D eigenvalue weighted by atomic mass is 10.3. The molecule has 1 atom stereocenters. The maximum absolute atomic E-state index is 11.9. The number of alkyl carbamates (subject to hydrolysis) is 1. The van der Waals surface area contributed by atoms with Crippen molar-refractivity contribution in [1.29, 1.82) is 0 Å². The minimum Gasteiger partial charge on any atom is -0.444 e. The van der Waals surface area contributed by atoms with Crippen molar-refractivity contribution in [2.75, 3.05) is 13.7 Å². The molecule has 1 amide bonds. The second-order valence-electron chi connectivity index (χ2n) is 2.87. The van der Waals surface area contributed by atoms with Gasteiger partial charge >= 0.3 is 21.7 Å². The van der Waals surface area contributed by atoms with Gasteiger partial charge in [-0.15, -0.1) is 0 Å². The van der Waals surface area contributed by atoms with Gasteiger partial charge in [0.1, 0.15) is 12.7 Å². The van der Waals surface area contributed by atoms with Gasteiger partial charge in [-0.1, -0.05) is 6.92 Å². The Kier molecular flexibility index (Phi) is 5.69. The second kappa shape index (κ2) is 6.05. The summed E-state index contributed by atoms with van der Waals surface area (Å²) in [6.45, 7) is 0.614. The lowest BCUT2D eigenvalue weighted by Gasteiger charge is -2.16. The summed E-state index contributed by atoms with van der Waals surface area (Å²) in [6.07, 6.45) is -1.85. The summed E-state index contributed by atoms with van der Waals surface area (Å²) in [5.74, 6) is 0. The van der Waals surface area contributed by atoms with Crippen LogP contribution in [-0.4, -0.2) is 39.8 Å². The molecule has 102 valence electrons. The van der Waals surface area contributed by atoms with Crippen LogP contribution in [0.1, 0.15) is 13.3 Å². The summed E-state index contributed by atoms with van der Waals surface area (Å²) in [6, 6.07) is 0. The molecule has 0 aliphatic carbocycles. The topological polar surface area (TPSA) is 81.7 Å². The first-order chi connectivity index (χ1) is 7.64. The fourth-order valence-electron chi connectivity index (χ4n) is 0.678. The number of hydrogen-bond acceptors (Lipinski definition) is 5. The Labute approximate surface area is 96.2 Å². The summed E-state index contributed by atoms with van der Waals surface area (Å²) < 4.78 is 65.0. The van der Waals surface area contributed by atoms with E-state index in [1.807, 2.05) is 0 Å². The van der Waals surface area contributed by atoms with Crippen molar-refractivity contribution in [2.24, 2.45) is 0 Å². The molecule has 1 unspecified atom stereocenters. The van der Waals surface area contributed by atoms with E-state index in [4.69, 9.17) is 0 Å². The highest BCUT2D eigenvalue weighted by atomic mass is 32.2. The first-order valence-corrected chi connectivity index (χ1v) is 5.89. The first kappa shape index (κ1) is 16.0. The van der Waals surface area contributed by atoms with Crippen LogP contribution in [0, 0.1) is 0 Å². The molecule has 0 rings (SSSR count). The van der Waals surface area contributed by atoms with Crippen molar-refractivity contribution in [3.8, 4) is 0 Å². The summed E-state index contributed by atoms with van der Waals surface area (Å²) in [5.41, 5.74) is -5.49. The minimum atomic E-state index is -5.66. The van der Waals surface area contributed by atoms with Gasteiger partial charge in [-0.2, -0.15) is 21.6 Å². The molecule has 0 aromatic carbocycles. The number of carbonyl (C=O) groups excluding carboxylic acids is 1. The average molecular weight is 279 g/mol. The highest BCUT2D eigenvalue weighted by Crippen LogP contribution is 2.24. The summed E-state index contributed by atoms with van der Waals surface area (Å²) in [7, 11) is -4.40. The largest absolute Gasteiger partial charge is 0.523 e. The number of nitrogens with one attached hydrogen (secondary N) is 1. The van der Waals surface area contributed by atoms with Gasteiger partial charge in [0, 0.05) is 7.05 Å². The predicted octanol–water partition coefficient (Wildman–Crippen LogP) is 0.987. The van der Waals surface area contributed by atoms with E-state index in [2.05, 4.69) is 14.2 Å². The first-order valence-electron chi connectivity index (χ1n) is 4.48. The van der Waals surface area contributed by atoms with E-state index in [1.165, 1.54) is 14.0 Å². The number of hydrogen-bond donors (Lipinski definition) is 1. The standard InChI is InChI=1S/C7H12F3NO5S/c1-3-5(16-6(12)11-2)4-15-17(13,14)7(8,9)10/h5H,3-4H2,1-2H3,(H,11,12). The van der Waals surface area contributed by atoms with Crippen molar-refractivity contribution in [3.63, 3.8) is 0 Å². The molecule has 0 bridgehead atoms. The molecule has 0 aromatic heterocycles. The summed E-state index contributed by atoms with van der Waals surface area (Å²) in [4.78, 5) is 10.7. The van der Waals surface area contributed by atoms with E-state index < -0.39 is 34.4 Å². The third-order valence-electron chi connectivity index (χ3n) is 1.63. The zero-order valence-electron chi connectivity index (χ0n) is 9.07. The molecule has 0 saturated heterocycles. The van der Waals surface area contributed by atoms with E-state index in [1.54, 1.807) is 0 Å². The van der Waals surface area contributed by atoms with Crippen molar-refractivity contribution in [2.45, 2.75) is 25.0 Å². The van der Waals surface area contributed by atoms with Crippen LogP contribution in [0.15, 0.2) is 0 Å². The van der Waals surface area contributed by atoms with Crippen LogP contribution >= 0.6 is 0 Å². The SMILES string of the molecule is CCC(COS(=O)(=O)C(F)(F)F)OC(=O)NC. The molecule has 17 heavy (non-hydrogen) atoms. The lowest BCUT2D eigenvalue weighted by molar-refractivity contribution is -0.0566. The van der Waals surface area contributed by atoms with E-state index in [9.17, 15) is 26.4 Å². The Bertz CT molecular complexity index is 353. The van der Waals surface area contributed by atoms with Crippen molar-refractivity contribution < 1.29 is 35.3 Å². The van der Waals surface area contributed by atoms with E-state index in [0.717, 1.165) is 0 Å². The number of ether oxygens (including phenoxy) is 1. The van der Waals surface area contributed by atoms with Gasteiger partial charge in [0.05, 0.1) is 0 Å². The normalized spacial score (nSPS) is 14.2. The minimum absolute atomic E-state index is 0.112. The molecule has 6 nitrogen and oxygen atoms in total. The van der Waals surface area contributed by atoms with E-state index in [0.29, 0.717) is 0 Å². The maximum atomic E-state index is 11.9. The van der Waals surface area contributed by atoms with Crippen molar-refractivity contribution >= 4 is 16.2 Å². The summed E-state index contributed by atoms with van der Waals surface area (Å²) in [5, 5.41) is 2.07. The molecule has 0 aliphatic rings. The molecule has 10 heteroatoms. The molecule has 0 aromatic rings. The number of halogens is 3. The zero-order valence-corrected chi connectivity index (χ0v) is 9.89. The highest BCUT2D eigenvalue weighted by Gasteiger charge is 2.47. The van der Waals surface area contributed by atoms with Crippen LogP contribution < -0.4 is 5.32 Å². The second-order valence-corrected chi connectivity index (χ2v) is 4.48. The van der Waals surface area contributed by atoms with Crippen LogP contribution in [-0.2, 0) is 19.0 Å². The molecule has 0 heterocycles. The molecule has 0 fully saturated rings. The predicted molar refractivity (Wildman–Crippen MR) is 50.5 cm³/mol. The quantitative estimate of drug-likeness (QED) is 0.599. The Balaban J connectivity index is 4.39. The Morgan fingerprint density at radius 3 is 2.29 bits per heavy atom. The van der Waals surface area contributed by atoms with Gasteiger partial charge in [-0.25, -0.2) is 4.79 Å². The molecule has 1 N–H and O–H groups in total. The zero-order chi connectivity index (χ0) is 13.7. The van der Waals surface area contributed by atoms with Gasteiger partial charge in [0.2, 0.25) is 0 Å². The molecule has 0 saturated carbocycles. The highest BCUT2D eigenvalue weighted by molar-refractivity contribution is 7.87. The van der Waals surface area contributed by atoms with Gasteiger partial charge < -0.3 is 10.1 Å². The van der Waals surface area contributed by atoms with E-state index in [-0.39, 0.29) is 6.42 Å². The van der Waals surface area contributed by atoms with E-state index >= 15 is 0 Å². The number of alkyl halides is 3. The number of rotatable bonds is 5. The van der Waals surface area contributed by atoms with Crippen LogP contribution in [0.3, 0.4) is 0 Å². The summed E-state index contributed by atoms with van der Waals surface area (Å²) >= 11 is 0. The Hall–Kier alpha value is -1.03. The maximum Gasteiger partial charge on any atom is 0.523 e. The molecule has 0 spiro atoms. The number of amides is 1. The van der Waals surface area contributed by atoms with Gasteiger partial charge in [0.15, 0.2) is 0 Å². The van der Waals surface area contributed by atoms with Gasteiger partial charge in [0.25, 0.3) is 0 Å². The average Bonchev–Trinajstić information content (AvgIpc) is 2.22. The third kappa shape index (κ3) is 5.22. The molecular formula is C7H12F3NO5S. The molecule has 0 radical (unpaired) electrons. The lowest BCUT2D eigenvalue weighted by Crippen LogP contribution is -2.32. The fourth-order valence-corrected chi connectivity index (χ4v) is 1.14. The molecular weight excluding hydrogens is 267 g/mol. The third-order valence-corrected chi connectivity index (χ3v) is 2.64. The molecule has 0 aliphatic heterocycles. The Morgan fingerprint density at radius 2 is 1.94 bits per heavy atom. The Morgan fingerprint density at radius 1 is 1.41 bits per heavy atom. The van der Waals surface area contributed by atoms with Crippen LogP contribution in [0.25, 0.3) is 0 Å². The van der Waals surface area contributed by atoms with Gasteiger partial charge in [-0.3, -0.25) is 4.18 Å². The van der Waals surface area contributed by atoms with Gasteiger partial charge in [-0.05, 0) is 6.42 Å². The fraction of sp³-hybridized carbons (Fsp3) is 0.857. The van der Waals surface area contributed by atoms with Crippen LogP contribution in [0.5, 0.6) is 0 Å². The van der Waals surface area contributed by atoms with Crippen LogP contribution in [0.4, 0.5) is 18.0 Å². The number of carbonyl (C=O) groups is 1. The smallest absolute Gasteiger partial charge is 0.444 e. The van der Waals surface area contributed by atoms with Crippen LogP contribution in [0.2, 0.25) is 0 Å². The monoisotopic (exact) mass is 279 g/mol. The van der Waals surface area contributed by atoms with Crippen molar-refractivity contribution in [3.05, 3.63) is 0 Å².